The Balaban J connectivity index is 2.35. The van der Waals surface area contributed by atoms with Crippen molar-refractivity contribution < 1.29 is 8.42 Å². The first-order valence-electron chi connectivity index (χ1n) is 5.40. The van der Waals surface area contributed by atoms with Crippen LogP contribution < -0.4 is 10.5 Å². The molecule has 3 N–H and O–H groups in total. The molecule has 1 aromatic carbocycles. The van der Waals surface area contributed by atoms with Gasteiger partial charge in [0.2, 0.25) is 0 Å². The number of aryl methyl sites for hydroxylation is 1. The lowest BCUT2D eigenvalue weighted by atomic mass is 10.3. The number of nitrogen functional groups attached to an aromatic ring is 1. The van der Waals surface area contributed by atoms with Crippen LogP contribution >= 0.6 is 15.9 Å². The number of pyridine rings is 1. The molecule has 0 amide bonds. The normalized spacial score (nSPS) is 11.3. The average molecular weight is 342 g/mol. The van der Waals surface area contributed by atoms with Gasteiger partial charge < -0.3 is 5.73 Å². The van der Waals surface area contributed by atoms with Crippen LogP contribution in [0.25, 0.3) is 0 Å². The van der Waals surface area contributed by atoms with Gasteiger partial charge in [0, 0.05) is 15.9 Å². The predicted octanol–water partition coefficient (Wildman–Crippen LogP) is 2.54. The van der Waals surface area contributed by atoms with Crippen molar-refractivity contribution in [1.82, 2.24) is 4.98 Å². The highest BCUT2D eigenvalue weighted by Gasteiger charge is 2.15. The quantitative estimate of drug-likeness (QED) is 0.840. The van der Waals surface area contributed by atoms with Crippen molar-refractivity contribution >= 4 is 37.5 Å². The molecule has 1 aromatic heterocycles. The lowest BCUT2D eigenvalue weighted by molar-refractivity contribution is 0.601. The first-order valence-corrected chi connectivity index (χ1v) is 7.67. The Morgan fingerprint density at radius 3 is 2.63 bits per heavy atom. The minimum absolute atomic E-state index is 0.122. The zero-order valence-electron chi connectivity index (χ0n) is 10.1. The van der Waals surface area contributed by atoms with E-state index in [4.69, 9.17) is 5.73 Å². The molecular weight excluding hydrogens is 330 g/mol. The standard InChI is InChI=1S/C12H12BrN3O2S/c1-8-3-2-4-12(15-8)16-19(17,18)9-5-6-11(14)10(13)7-9/h2-7H,14H2,1H3,(H,15,16). The number of nitrogens with two attached hydrogens (primary N) is 1. The number of nitrogens with zero attached hydrogens (tertiary/aromatic N) is 1. The Morgan fingerprint density at radius 1 is 1.26 bits per heavy atom. The molecule has 0 spiro atoms. The van der Waals surface area contributed by atoms with Crippen LogP contribution in [0.2, 0.25) is 0 Å². The third-order valence-corrected chi connectivity index (χ3v) is 4.45. The average Bonchev–Trinajstić information content (AvgIpc) is 2.32. The van der Waals surface area contributed by atoms with Gasteiger partial charge in [0.25, 0.3) is 10.0 Å². The maximum absolute atomic E-state index is 12.2. The van der Waals surface area contributed by atoms with Crippen molar-refractivity contribution in [2.45, 2.75) is 11.8 Å². The van der Waals surface area contributed by atoms with Crippen molar-refractivity contribution in [2.75, 3.05) is 10.5 Å². The molecule has 0 fully saturated rings. The van der Waals surface area contributed by atoms with Crippen LogP contribution in [-0.2, 0) is 10.0 Å². The van der Waals surface area contributed by atoms with Crippen LogP contribution in [0.1, 0.15) is 5.69 Å². The van der Waals surface area contributed by atoms with Gasteiger partial charge in [-0.05, 0) is 53.2 Å². The molecule has 19 heavy (non-hydrogen) atoms. The van der Waals surface area contributed by atoms with E-state index in [0.29, 0.717) is 10.2 Å². The fourth-order valence-corrected chi connectivity index (χ4v) is 3.03. The van der Waals surface area contributed by atoms with Gasteiger partial charge in [0.1, 0.15) is 5.82 Å². The zero-order valence-corrected chi connectivity index (χ0v) is 12.5. The smallest absolute Gasteiger partial charge is 0.263 e. The molecule has 0 unspecified atom stereocenters. The van der Waals surface area contributed by atoms with Crippen molar-refractivity contribution in [3.63, 3.8) is 0 Å². The third kappa shape index (κ3) is 3.24. The summed E-state index contributed by atoms with van der Waals surface area (Å²) >= 11 is 3.20. The number of benzene rings is 1. The Kier molecular flexibility index (Phi) is 3.77. The first-order chi connectivity index (χ1) is 8.88. The molecule has 0 aliphatic heterocycles. The van der Waals surface area contributed by atoms with Crippen molar-refractivity contribution in [2.24, 2.45) is 0 Å². The van der Waals surface area contributed by atoms with Crippen molar-refractivity contribution in [1.29, 1.82) is 0 Å². The third-order valence-electron chi connectivity index (χ3n) is 2.41. The summed E-state index contributed by atoms with van der Waals surface area (Å²) in [6, 6.07) is 9.54. The molecular formula is C12H12BrN3O2S. The molecule has 0 radical (unpaired) electrons. The highest BCUT2D eigenvalue weighted by Crippen LogP contribution is 2.24. The van der Waals surface area contributed by atoms with Crippen LogP contribution in [0, 0.1) is 6.92 Å². The summed E-state index contributed by atoms with van der Waals surface area (Å²) in [6.07, 6.45) is 0. The van der Waals surface area contributed by atoms with Crippen LogP contribution in [0.4, 0.5) is 11.5 Å². The van der Waals surface area contributed by atoms with Gasteiger partial charge in [-0.2, -0.15) is 0 Å². The predicted molar refractivity (Wildman–Crippen MR) is 78.3 cm³/mol. The number of anilines is 2. The van der Waals surface area contributed by atoms with E-state index in [2.05, 4.69) is 25.6 Å². The van der Waals surface area contributed by atoms with Gasteiger partial charge in [0.15, 0.2) is 0 Å². The molecule has 2 aromatic rings. The maximum Gasteiger partial charge on any atom is 0.263 e. The van der Waals surface area contributed by atoms with Gasteiger partial charge in [-0.1, -0.05) is 6.07 Å². The number of aromatic nitrogens is 1. The number of hydrogen-bond donors (Lipinski definition) is 2. The second-order valence-electron chi connectivity index (χ2n) is 3.95. The Bertz CT molecular complexity index is 717. The lowest BCUT2D eigenvalue weighted by Crippen LogP contribution is -2.14. The molecule has 0 saturated carbocycles. The largest absolute Gasteiger partial charge is 0.398 e. The number of nitrogens with one attached hydrogen (secondary N) is 1. The molecule has 2 rings (SSSR count). The van der Waals surface area contributed by atoms with E-state index in [1.54, 1.807) is 25.1 Å². The highest BCUT2D eigenvalue weighted by atomic mass is 79.9. The first kappa shape index (κ1) is 13.8. The molecule has 0 bridgehead atoms. The molecule has 1 heterocycles. The topological polar surface area (TPSA) is 85.1 Å². The second kappa shape index (κ2) is 5.18. The SMILES string of the molecule is Cc1cccc(NS(=O)(=O)c2ccc(N)c(Br)c2)n1. The maximum atomic E-state index is 12.2. The van der Waals surface area contributed by atoms with Crippen LogP contribution in [0.15, 0.2) is 45.8 Å². The minimum atomic E-state index is -3.67. The van der Waals surface area contributed by atoms with Crippen molar-refractivity contribution in [3.05, 3.63) is 46.6 Å². The minimum Gasteiger partial charge on any atom is -0.398 e. The Labute approximate surface area is 120 Å². The van der Waals surface area contributed by atoms with Crippen LogP contribution in [-0.4, -0.2) is 13.4 Å². The summed E-state index contributed by atoms with van der Waals surface area (Å²) in [4.78, 5) is 4.22. The van der Waals surface area contributed by atoms with E-state index in [1.807, 2.05) is 0 Å². The van der Waals surface area contributed by atoms with E-state index in [9.17, 15) is 8.42 Å². The van der Waals surface area contributed by atoms with E-state index < -0.39 is 10.0 Å². The number of hydrogen-bond acceptors (Lipinski definition) is 4. The molecule has 7 heteroatoms. The summed E-state index contributed by atoms with van der Waals surface area (Å²) in [5.74, 6) is 0.285. The van der Waals surface area contributed by atoms with E-state index in [-0.39, 0.29) is 10.7 Å². The molecule has 5 nitrogen and oxygen atoms in total. The summed E-state index contributed by atoms with van der Waals surface area (Å²) in [7, 11) is -3.67. The monoisotopic (exact) mass is 341 g/mol. The fraction of sp³-hybridized carbons (Fsp3) is 0.0833. The number of halogens is 1. The van der Waals surface area contributed by atoms with E-state index in [0.717, 1.165) is 5.69 Å². The molecule has 0 aliphatic carbocycles. The second-order valence-corrected chi connectivity index (χ2v) is 6.49. The molecule has 100 valence electrons. The molecule has 0 saturated heterocycles. The molecule has 0 aliphatic rings. The van der Waals surface area contributed by atoms with Gasteiger partial charge in [-0.15, -0.1) is 0 Å². The molecule has 0 atom stereocenters. The Hall–Kier alpha value is -1.60. The lowest BCUT2D eigenvalue weighted by Gasteiger charge is -2.08. The summed E-state index contributed by atoms with van der Waals surface area (Å²) in [5, 5.41) is 0. The van der Waals surface area contributed by atoms with Gasteiger partial charge in [-0.25, -0.2) is 13.4 Å². The summed E-state index contributed by atoms with van der Waals surface area (Å²) in [6.45, 7) is 1.79. The van der Waals surface area contributed by atoms with E-state index in [1.165, 1.54) is 18.2 Å². The number of sulfonamides is 1. The van der Waals surface area contributed by atoms with Gasteiger partial charge in [0.05, 0.1) is 4.90 Å². The van der Waals surface area contributed by atoms with Gasteiger partial charge in [-0.3, -0.25) is 4.72 Å². The number of rotatable bonds is 3. The fourth-order valence-electron chi connectivity index (χ4n) is 1.47. The Morgan fingerprint density at radius 2 is 2.00 bits per heavy atom. The van der Waals surface area contributed by atoms with Crippen LogP contribution in [0.5, 0.6) is 0 Å². The van der Waals surface area contributed by atoms with Crippen molar-refractivity contribution in [3.8, 4) is 0 Å². The summed E-state index contributed by atoms with van der Waals surface area (Å²) in [5.41, 5.74) is 6.84. The van der Waals surface area contributed by atoms with E-state index >= 15 is 0 Å². The van der Waals surface area contributed by atoms with Crippen LogP contribution in [0.3, 0.4) is 0 Å². The summed E-state index contributed by atoms with van der Waals surface area (Å²) < 4.78 is 27.3. The van der Waals surface area contributed by atoms with Gasteiger partial charge >= 0.3 is 0 Å². The highest BCUT2D eigenvalue weighted by molar-refractivity contribution is 9.10. The zero-order chi connectivity index (χ0) is 14.0.